The van der Waals surface area contributed by atoms with Crippen molar-refractivity contribution in [1.82, 2.24) is 0 Å². The van der Waals surface area contributed by atoms with E-state index in [1.165, 1.54) is 12.1 Å². The summed E-state index contributed by atoms with van der Waals surface area (Å²) >= 11 is 0. The molecule has 0 amide bonds. The molecule has 1 aliphatic carbocycles. The maximum Gasteiger partial charge on any atom is 0.167 e. The third-order valence-electron chi connectivity index (χ3n) is 2.43. The number of Topliss-reactive ketones (excluding diaryl/α,β-unsaturated/α-hetero) is 1. The van der Waals surface area contributed by atoms with Crippen molar-refractivity contribution in [3.63, 3.8) is 0 Å². The minimum atomic E-state index is -0.397. The molecule has 0 spiro atoms. The summed E-state index contributed by atoms with van der Waals surface area (Å²) < 4.78 is 13.2. The van der Waals surface area contributed by atoms with Crippen LogP contribution in [0.15, 0.2) is 12.1 Å². The molecule has 13 heavy (non-hydrogen) atoms. The summed E-state index contributed by atoms with van der Waals surface area (Å²) in [6.45, 7) is 1.78. The first kappa shape index (κ1) is 8.23. The van der Waals surface area contributed by atoms with Gasteiger partial charge < -0.3 is 5.11 Å². The summed E-state index contributed by atoms with van der Waals surface area (Å²) in [5, 5.41) is 9.36. The quantitative estimate of drug-likeness (QED) is 0.664. The number of aromatic hydroxyl groups is 1. The van der Waals surface area contributed by atoms with Crippen molar-refractivity contribution in [2.75, 3.05) is 0 Å². The number of fused-ring (bicyclic) bond motifs is 1. The fourth-order valence-corrected chi connectivity index (χ4v) is 1.84. The maximum absolute atomic E-state index is 13.2. The van der Waals surface area contributed by atoms with Crippen molar-refractivity contribution in [3.8, 4) is 5.75 Å². The Hall–Kier alpha value is -1.38. The third-order valence-corrected chi connectivity index (χ3v) is 2.43. The standard InChI is InChI=1S/C10H9FO2/c1-5-4-8(13)10-7(12)3-2-6(11)9(5)10/h2-3,5,12H,4H2,1H3/t5-/m1/s1. The second-order valence-corrected chi connectivity index (χ2v) is 3.38. The SMILES string of the molecule is C[C@@H]1CC(=O)c2c(O)ccc(F)c21. The molecule has 2 rings (SSSR count). The zero-order valence-corrected chi connectivity index (χ0v) is 7.17. The van der Waals surface area contributed by atoms with E-state index in [-0.39, 0.29) is 23.0 Å². The lowest BCUT2D eigenvalue weighted by atomic mass is 10.0. The smallest absolute Gasteiger partial charge is 0.167 e. The van der Waals surface area contributed by atoms with Gasteiger partial charge in [-0.25, -0.2) is 4.39 Å². The van der Waals surface area contributed by atoms with Gasteiger partial charge in [0.1, 0.15) is 11.6 Å². The van der Waals surface area contributed by atoms with E-state index in [0.717, 1.165) is 0 Å². The largest absolute Gasteiger partial charge is 0.507 e. The Labute approximate surface area is 75.0 Å². The number of ketones is 1. The topological polar surface area (TPSA) is 37.3 Å². The van der Waals surface area contributed by atoms with Gasteiger partial charge in [-0.1, -0.05) is 6.92 Å². The minimum absolute atomic E-state index is 0.106. The molecule has 0 saturated heterocycles. The highest BCUT2D eigenvalue weighted by Gasteiger charge is 2.31. The van der Waals surface area contributed by atoms with Gasteiger partial charge in [0.15, 0.2) is 5.78 Å². The molecule has 0 saturated carbocycles. The van der Waals surface area contributed by atoms with E-state index in [1.54, 1.807) is 6.92 Å². The van der Waals surface area contributed by atoms with E-state index in [1.807, 2.05) is 0 Å². The molecule has 0 aromatic heterocycles. The van der Waals surface area contributed by atoms with Gasteiger partial charge in [0.05, 0.1) is 5.56 Å². The number of hydrogen-bond donors (Lipinski definition) is 1. The lowest BCUT2D eigenvalue weighted by molar-refractivity contribution is 0.0988. The zero-order chi connectivity index (χ0) is 9.59. The van der Waals surface area contributed by atoms with Gasteiger partial charge >= 0.3 is 0 Å². The molecule has 1 aliphatic rings. The van der Waals surface area contributed by atoms with Crippen LogP contribution in [0.25, 0.3) is 0 Å². The van der Waals surface area contributed by atoms with Crippen LogP contribution < -0.4 is 0 Å². The Kier molecular flexibility index (Phi) is 1.62. The number of carbonyl (C=O) groups is 1. The van der Waals surface area contributed by atoms with E-state index in [0.29, 0.717) is 12.0 Å². The molecule has 1 aromatic rings. The number of rotatable bonds is 0. The first-order valence-corrected chi connectivity index (χ1v) is 4.16. The molecule has 1 N–H and O–H groups in total. The number of phenols is 1. The predicted molar refractivity (Wildman–Crippen MR) is 45.4 cm³/mol. The third kappa shape index (κ3) is 1.03. The highest BCUT2D eigenvalue weighted by molar-refractivity contribution is 6.03. The van der Waals surface area contributed by atoms with Gasteiger partial charge in [-0.3, -0.25) is 4.79 Å². The second-order valence-electron chi connectivity index (χ2n) is 3.38. The average molecular weight is 180 g/mol. The van der Waals surface area contributed by atoms with Crippen LogP contribution in [0, 0.1) is 5.82 Å². The zero-order valence-electron chi connectivity index (χ0n) is 7.17. The van der Waals surface area contributed by atoms with Crippen LogP contribution in [0.2, 0.25) is 0 Å². The monoisotopic (exact) mass is 180 g/mol. The normalized spacial score (nSPS) is 20.5. The summed E-state index contributed by atoms with van der Waals surface area (Å²) in [5.41, 5.74) is 0.539. The molecule has 0 fully saturated rings. The molecule has 0 radical (unpaired) electrons. The highest BCUT2D eigenvalue weighted by Crippen LogP contribution is 2.38. The van der Waals surface area contributed by atoms with Crippen LogP contribution in [0.3, 0.4) is 0 Å². The molecular weight excluding hydrogens is 171 g/mol. The van der Waals surface area contributed by atoms with Crippen molar-refractivity contribution in [2.24, 2.45) is 0 Å². The summed E-state index contributed by atoms with van der Waals surface area (Å²) in [7, 11) is 0. The Morgan fingerprint density at radius 2 is 2.23 bits per heavy atom. The number of halogens is 1. The average Bonchev–Trinajstić information content (AvgIpc) is 2.36. The number of hydrogen-bond acceptors (Lipinski definition) is 2. The number of carbonyl (C=O) groups excluding carboxylic acids is 1. The van der Waals surface area contributed by atoms with E-state index in [4.69, 9.17) is 0 Å². The van der Waals surface area contributed by atoms with Gasteiger partial charge in [0.25, 0.3) is 0 Å². The Morgan fingerprint density at radius 1 is 1.54 bits per heavy atom. The Balaban J connectivity index is 2.74. The Morgan fingerprint density at radius 3 is 2.85 bits per heavy atom. The van der Waals surface area contributed by atoms with Crippen LogP contribution in [0.1, 0.15) is 35.2 Å². The van der Waals surface area contributed by atoms with Crippen molar-refractivity contribution in [2.45, 2.75) is 19.3 Å². The molecule has 0 bridgehead atoms. The Bertz CT molecular complexity index is 385. The van der Waals surface area contributed by atoms with Crippen molar-refractivity contribution in [1.29, 1.82) is 0 Å². The summed E-state index contributed by atoms with van der Waals surface area (Å²) in [6.07, 6.45) is 0.295. The van der Waals surface area contributed by atoms with Gasteiger partial charge in [-0.2, -0.15) is 0 Å². The van der Waals surface area contributed by atoms with E-state index in [9.17, 15) is 14.3 Å². The molecule has 3 heteroatoms. The number of phenolic OH excluding ortho intramolecular Hbond substituents is 1. The lowest BCUT2D eigenvalue weighted by Crippen LogP contribution is -1.94. The molecule has 0 aliphatic heterocycles. The van der Waals surface area contributed by atoms with E-state index >= 15 is 0 Å². The second kappa shape index (κ2) is 2.55. The van der Waals surface area contributed by atoms with Crippen molar-refractivity contribution >= 4 is 5.78 Å². The number of benzene rings is 1. The summed E-state index contributed by atoms with van der Waals surface area (Å²) in [4.78, 5) is 11.3. The molecule has 2 nitrogen and oxygen atoms in total. The van der Waals surface area contributed by atoms with Crippen LogP contribution in [0.5, 0.6) is 5.75 Å². The van der Waals surface area contributed by atoms with Crippen LogP contribution in [-0.2, 0) is 0 Å². The first-order chi connectivity index (χ1) is 6.11. The first-order valence-electron chi connectivity index (χ1n) is 4.16. The maximum atomic E-state index is 13.2. The summed E-state index contributed by atoms with van der Waals surface area (Å²) in [5.74, 6) is -0.786. The molecule has 0 unspecified atom stereocenters. The molecule has 1 aromatic carbocycles. The summed E-state index contributed by atoms with van der Waals surface area (Å²) in [6, 6.07) is 2.42. The molecule has 68 valence electrons. The fraction of sp³-hybridized carbons (Fsp3) is 0.300. The minimum Gasteiger partial charge on any atom is -0.507 e. The van der Waals surface area contributed by atoms with E-state index in [2.05, 4.69) is 0 Å². The predicted octanol–water partition coefficient (Wildman–Crippen LogP) is 2.22. The van der Waals surface area contributed by atoms with Gasteiger partial charge in [0, 0.05) is 12.0 Å². The molecule has 0 heterocycles. The van der Waals surface area contributed by atoms with Gasteiger partial charge in [-0.15, -0.1) is 0 Å². The highest BCUT2D eigenvalue weighted by atomic mass is 19.1. The molecular formula is C10H9FO2. The lowest BCUT2D eigenvalue weighted by Gasteiger charge is -2.05. The van der Waals surface area contributed by atoms with Crippen LogP contribution in [-0.4, -0.2) is 10.9 Å². The van der Waals surface area contributed by atoms with Gasteiger partial charge in [0.2, 0.25) is 0 Å². The van der Waals surface area contributed by atoms with Crippen LogP contribution >= 0.6 is 0 Å². The fourth-order valence-electron chi connectivity index (χ4n) is 1.84. The van der Waals surface area contributed by atoms with Crippen LogP contribution in [0.4, 0.5) is 4.39 Å². The van der Waals surface area contributed by atoms with Crippen molar-refractivity contribution in [3.05, 3.63) is 29.1 Å². The molecule has 1 atom stereocenters. The van der Waals surface area contributed by atoms with Gasteiger partial charge in [-0.05, 0) is 18.1 Å². The van der Waals surface area contributed by atoms with Crippen molar-refractivity contribution < 1.29 is 14.3 Å². The van der Waals surface area contributed by atoms with E-state index < -0.39 is 5.82 Å².